The van der Waals surface area contributed by atoms with E-state index in [1.54, 1.807) is 0 Å². The largest absolute Gasteiger partial charge is 0.297 e. The first kappa shape index (κ1) is 10.4. The molecule has 3 heteroatoms. The molecule has 0 radical (unpaired) electrons. The fourth-order valence-electron chi connectivity index (χ4n) is 4.18. The van der Waals surface area contributed by atoms with Crippen molar-refractivity contribution in [2.45, 2.75) is 45.7 Å². The van der Waals surface area contributed by atoms with Crippen LogP contribution in [-0.4, -0.2) is 29.5 Å². The van der Waals surface area contributed by atoms with Crippen LogP contribution in [0.2, 0.25) is 0 Å². The van der Waals surface area contributed by atoms with Gasteiger partial charge in [-0.25, -0.2) is 8.78 Å². The lowest BCUT2D eigenvalue weighted by atomic mass is 9.78. The van der Waals surface area contributed by atoms with Crippen molar-refractivity contribution in [2.75, 3.05) is 6.54 Å². The average Bonchev–Trinajstić information content (AvgIpc) is 2.85. The monoisotopic (exact) mass is 257 g/mol. The van der Waals surface area contributed by atoms with Crippen LogP contribution in [0.4, 0.5) is 8.78 Å². The predicted molar refractivity (Wildman–Crippen MR) is 68.5 cm³/mol. The van der Waals surface area contributed by atoms with Gasteiger partial charge in [-0.2, -0.15) is 0 Å². The summed E-state index contributed by atoms with van der Waals surface area (Å²) in [6.45, 7) is 8.72. The number of hydrogen-bond acceptors (Lipinski definition) is 1. The van der Waals surface area contributed by atoms with Gasteiger partial charge in [0.05, 0.1) is 0 Å². The van der Waals surface area contributed by atoms with E-state index in [2.05, 4.69) is 18.7 Å². The second-order valence-electron chi connectivity index (χ2n) is 6.48. The smallest absolute Gasteiger partial charge is 0.261 e. The second kappa shape index (κ2) is 3.78. The molecule has 0 N–H and O–H groups in total. The Bertz CT molecular complexity index is 465. The molecule has 1 nitrogen and oxygen atoms in total. The third-order valence-corrected chi connectivity index (χ3v) is 4.86. The lowest BCUT2D eigenvalue weighted by molar-refractivity contribution is -0.0572. The number of rotatable bonds is 2. The first-order valence-electron chi connectivity index (χ1n) is 7.92. The van der Waals surface area contributed by atoms with Crippen molar-refractivity contribution < 1.29 is 11.5 Å². The molecule has 1 heterocycles. The fourth-order valence-corrected chi connectivity index (χ4v) is 4.18. The Morgan fingerprint density at radius 2 is 1.83 bits per heavy atom. The van der Waals surface area contributed by atoms with Crippen LogP contribution in [0, 0.1) is 29.5 Å². The molecule has 0 spiro atoms. The third kappa shape index (κ3) is 1.40. The summed E-state index contributed by atoms with van der Waals surface area (Å²) in [5.74, 6) is -7.74. The van der Waals surface area contributed by atoms with E-state index in [0.29, 0.717) is 6.54 Å². The second-order valence-corrected chi connectivity index (χ2v) is 6.48. The van der Waals surface area contributed by atoms with Gasteiger partial charge in [0.1, 0.15) is 0 Å². The summed E-state index contributed by atoms with van der Waals surface area (Å²) in [5, 5.41) is 0. The van der Waals surface area contributed by atoms with E-state index >= 15 is 0 Å². The first-order chi connectivity index (χ1) is 9.08. The molecule has 102 valence electrons. The number of fused-ring (bicyclic) bond motifs is 5. The summed E-state index contributed by atoms with van der Waals surface area (Å²) in [5.41, 5.74) is 0. The highest BCUT2D eigenvalue weighted by Crippen LogP contribution is 2.62. The van der Waals surface area contributed by atoms with Gasteiger partial charge in [0.25, 0.3) is 5.92 Å². The zero-order chi connectivity index (χ0) is 15.1. The highest BCUT2D eigenvalue weighted by Gasteiger charge is 2.68. The summed E-state index contributed by atoms with van der Waals surface area (Å²) >= 11 is 0. The molecule has 18 heavy (non-hydrogen) atoms. The third-order valence-electron chi connectivity index (χ3n) is 4.86. The van der Waals surface area contributed by atoms with E-state index in [0.717, 1.165) is 0 Å². The number of nitrogens with zero attached hydrogens (tertiary/aromatic N) is 1. The van der Waals surface area contributed by atoms with Crippen LogP contribution >= 0.6 is 0 Å². The van der Waals surface area contributed by atoms with Crippen LogP contribution in [-0.2, 0) is 0 Å². The van der Waals surface area contributed by atoms with Crippen molar-refractivity contribution in [3.63, 3.8) is 0 Å². The zero-order valence-electron chi connectivity index (χ0n) is 13.5. The van der Waals surface area contributed by atoms with Crippen LogP contribution < -0.4 is 0 Å². The van der Waals surface area contributed by atoms with Gasteiger partial charge >= 0.3 is 0 Å². The Balaban J connectivity index is 2.10. The Hall–Kier alpha value is -0.440. The molecule has 0 aromatic rings. The number of hydrogen-bond donors (Lipinski definition) is 0. The SMILES string of the molecule is [2H]C12C=CC([2H])(C3C(C(C)C)N(C(C)C)CC31)C2(F)F. The van der Waals surface area contributed by atoms with Gasteiger partial charge in [0, 0.05) is 33.2 Å². The Morgan fingerprint density at radius 3 is 2.39 bits per heavy atom. The lowest BCUT2D eigenvalue weighted by Gasteiger charge is -2.36. The Morgan fingerprint density at radius 1 is 1.22 bits per heavy atom. The van der Waals surface area contributed by atoms with E-state index in [1.165, 1.54) is 12.2 Å². The highest BCUT2D eigenvalue weighted by atomic mass is 19.3. The lowest BCUT2D eigenvalue weighted by Crippen LogP contribution is -2.44. The molecule has 1 saturated carbocycles. The Kier molecular flexibility index (Phi) is 2.18. The first-order valence-corrected chi connectivity index (χ1v) is 6.92. The van der Waals surface area contributed by atoms with E-state index in [4.69, 9.17) is 2.74 Å². The molecule has 2 aliphatic carbocycles. The van der Waals surface area contributed by atoms with E-state index in [1.807, 2.05) is 13.8 Å². The summed E-state index contributed by atoms with van der Waals surface area (Å²) in [6, 6.07) is 0.216. The van der Waals surface area contributed by atoms with Crippen LogP contribution in [0.25, 0.3) is 0 Å². The van der Waals surface area contributed by atoms with Crippen LogP contribution in [0.3, 0.4) is 0 Å². The van der Waals surface area contributed by atoms with E-state index < -0.39 is 29.5 Å². The molecule has 1 saturated heterocycles. The number of halogens is 2. The van der Waals surface area contributed by atoms with Gasteiger partial charge < -0.3 is 0 Å². The summed E-state index contributed by atoms with van der Waals surface area (Å²) in [6.07, 6.45) is 2.60. The normalized spacial score (nSPS) is 55.2. The quantitative estimate of drug-likeness (QED) is 0.685. The van der Waals surface area contributed by atoms with Gasteiger partial charge in [-0.15, -0.1) is 0 Å². The molecule has 3 aliphatic rings. The topological polar surface area (TPSA) is 3.24 Å². The van der Waals surface area contributed by atoms with Crippen LogP contribution in [0.15, 0.2) is 12.2 Å². The molecule has 3 rings (SSSR count). The minimum absolute atomic E-state index is 0.0412. The molecule has 0 aromatic heterocycles. The molecule has 0 amide bonds. The molecule has 5 unspecified atom stereocenters. The fraction of sp³-hybridized carbons (Fsp3) is 0.867. The van der Waals surface area contributed by atoms with Crippen molar-refractivity contribution >= 4 is 0 Å². The molecule has 0 aromatic carbocycles. The van der Waals surface area contributed by atoms with Gasteiger partial charge in [-0.1, -0.05) is 26.0 Å². The maximum Gasteiger partial charge on any atom is 0.261 e. The van der Waals surface area contributed by atoms with Crippen molar-refractivity contribution in [3.05, 3.63) is 12.2 Å². The molecule has 2 fully saturated rings. The van der Waals surface area contributed by atoms with Crippen molar-refractivity contribution in [3.8, 4) is 0 Å². The summed E-state index contributed by atoms with van der Waals surface area (Å²) in [4.78, 5) is 2.23. The minimum atomic E-state index is -3.27. The number of likely N-dealkylation sites (tertiary alicyclic amines) is 1. The van der Waals surface area contributed by atoms with Gasteiger partial charge in [0.15, 0.2) is 0 Å². The number of alkyl halides is 2. The minimum Gasteiger partial charge on any atom is -0.297 e. The molecule has 2 bridgehead atoms. The molecular formula is C15H23F2N. The van der Waals surface area contributed by atoms with Gasteiger partial charge in [-0.05, 0) is 31.6 Å². The maximum absolute atomic E-state index is 14.6. The summed E-state index contributed by atoms with van der Waals surface area (Å²) < 4.78 is 45.9. The average molecular weight is 257 g/mol. The van der Waals surface area contributed by atoms with Gasteiger partial charge in [0.2, 0.25) is 0 Å². The zero-order valence-corrected chi connectivity index (χ0v) is 11.5. The number of allylic oxidation sites excluding steroid dienone is 2. The van der Waals surface area contributed by atoms with E-state index in [9.17, 15) is 8.78 Å². The molecule has 1 aliphatic heterocycles. The highest BCUT2D eigenvalue weighted by molar-refractivity contribution is 5.26. The summed E-state index contributed by atoms with van der Waals surface area (Å²) in [7, 11) is 0. The molecule has 5 atom stereocenters. The van der Waals surface area contributed by atoms with Crippen molar-refractivity contribution in [2.24, 2.45) is 29.5 Å². The Labute approximate surface area is 111 Å². The molecular weight excluding hydrogens is 232 g/mol. The van der Waals surface area contributed by atoms with E-state index in [-0.39, 0.29) is 18.0 Å². The van der Waals surface area contributed by atoms with Crippen molar-refractivity contribution in [1.29, 1.82) is 0 Å². The van der Waals surface area contributed by atoms with Crippen LogP contribution in [0.1, 0.15) is 30.4 Å². The standard InChI is InChI=1S/C15H23F2N/c1-8(2)14-13-10(7-18(14)9(3)4)11-5-6-12(13)15(11,16)17/h5-6,8-14H,7H2,1-4H3/i11D,12D. The van der Waals surface area contributed by atoms with Gasteiger partial charge in [-0.3, -0.25) is 4.90 Å². The van der Waals surface area contributed by atoms with Crippen LogP contribution in [0.5, 0.6) is 0 Å². The predicted octanol–water partition coefficient (Wildman–Crippen LogP) is 3.42. The van der Waals surface area contributed by atoms with Crippen molar-refractivity contribution in [1.82, 2.24) is 4.90 Å². The maximum atomic E-state index is 14.6.